The van der Waals surface area contributed by atoms with Crippen LogP contribution >= 0.6 is 0 Å². The molecule has 0 aliphatic carbocycles. The maximum atomic E-state index is 12.6. The number of furan rings is 1. The van der Waals surface area contributed by atoms with Gasteiger partial charge in [0, 0.05) is 14.1 Å². The largest absolute Gasteiger partial charge is 0.468 e. The lowest BCUT2D eigenvalue weighted by atomic mass is 10.2. The third-order valence-electron chi connectivity index (χ3n) is 4.09. The van der Waals surface area contributed by atoms with Crippen molar-refractivity contribution in [1.29, 1.82) is 0 Å². The number of rotatable bonds is 4. The van der Waals surface area contributed by atoms with E-state index in [2.05, 4.69) is 4.72 Å². The molecule has 0 unspecified atom stereocenters. The molecular weight excluding hydrogens is 346 g/mol. The minimum atomic E-state index is -3.82. The number of nitrogens with one attached hydrogen (secondary N) is 1. The van der Waals surface area contributed by atoms with E-state index in [0.717, 1.165) is 4.57 Å². The first-order chi connectivity index (χ1) is 11.7. The molecule has 0 aliphatic rings. The fourth-order valence-electron chi connectivity index (χ4n) is 2.65. The van der Waals surface area contributed by atoms with Crippen LogP contribution in [0.3, 0.4) is 0 Å². The number of aryl methyl sites for hydroxylation is 3. The van der Waals surface area contributed by atoms with Gasteiger partial charge in [-0.05, 0) is 36.8 Å². The van der Waals surface area contributed by atoms with Crippen LogP contribution in [0, 0.1) is 6.92 Å². The second-order valence-electron chi connectivity index (χ2n) is 5.74. The van der Waals surface area contributed by atoms with Gasteiger partial charge in [0.1, 0.15) is 5.76 Å². The number of fused-ring (bicyclic) bond motifs is 1. The van der Waals surface area contributed by atoms with Gasteiger partial charge in [0.25, 0.3) is 0 Å². The Morgan fingerprint density at radius 1 is 1.08 bits per heavy atom. The molecule has 0 fully saturated rings. The van der Waals surface area contributed by atoms with Crippen LogP contribution in [0.25, 0.3) is 11.0 Å². The van der Waals surface area contributed by atoms with Gasteiger partial charge in [-0.25, -0.2) is 13.1 Å². The van der Waals surface area contributed by atoms with Gasteiger partial charge in [0.05, 0.1) is 28.7 Å². The van der Waals surface area contributed by atoms with Crippen LogP contribution in [-0.2, 0) is 30.7 Å². The summed E-state index contributed by atoms with van der Waals surface area (Å²) >= 11 is 0. The normalized spacial score (nSPS) is 12.0. The summed E-state index contributed by atoms with van der Waals surface area (Å²) in [6, 6.07) is 6.31. The Balaban J connectivity index is 2.15. The fraction of sp³-hybridized carbons (Fsp3) is 0.250. The predicted molar refractivity (Wildman–Crippen MR) is 91.9 cm³/mol. The molecule has 25 heavy (non-hydrogen) atoms. The fourth-order valence-corrected chi connectivity index (χ4v) is 3.89. The van der Waals surface area contributed by atoms with Gasteiger partial charge in [0.2, 0.25) is 10.0 Å². The Bertz CT molecular complexity index is 1170. The number of aromatic nitrogens is 2. The lowest BCUT2D eigenvalue weighted by molar-refractivity contribution is 0.498. The molecule has 0 saturated carbocycles. The van der Waals surface area contributed by atoms with E-state index in [0.29, 0.717) is 22.4 Å². The molecule has 132 valence electrons. The summed E-state index contributed by atoms with van der Waals surface area (Å²) in [7, 11) is -0.904. The number of hydrogen-bond acceptors (Lipinski definition) is 5. The van der Waals surface area contributed by atoms with Crippen molar-refractivity contribution < 1.29 is 12.8 Å². The Kier molecular flexibility index (Phi) is 4.13. The Hall–Kier alpha value is -2.65. The predicted octanol–water partition coefficient (Wildman–Crippen LogP) is 0.617. The molecule has 0 amide bonds. The van der Waals surface area contributed by atoms with Crippen molar-refractivity contribution in [3.63, 3.8) is 0 Å². The van der Waals surface area contributed by atoms with Gasteiger partial charge >= 0.3 is 11.1 Å². The zero-order valence-corrected chi connectivity index (χ0v) is 14.8. The minimum Gasteiger partial charge on any atom is -0.468 e. The summed E-state index contributed by atoms with van der Waals surface area (Å²) in [5, 5.41) is 0. The van der Waals surface area contributed by atoms with Gasteiger partial charge in [0.15, 0.2) is 0 Å². The van der Waals surface area contributed by atoms with Crippen molar-refractivity contribution in [2.75, 3.05) is 0 Å². The van der Waals surface area contributed by atoms with Crippen molar-refractivity contribution in [2.24, 2.45) is 14.1 Å². The summed E-state index contributed by atoms with van der Waals surface area (Å²) in [5.41, 5.74) is -0.0783. The molecule has 3 rings (SSSR count). The minimum absolute atomic E-state index is 0.0129. The van der Waals surface area contributed by atoms with E-state index in [4.69, 9.17) is 4.42 Å². The maximum Gasteiger partial charge on any atom is 0.316 e. The third kappa shape index (κ3) is 2.92. The summed E-state index contributed by atoms with van der Waals surface area (Å²) in [4.78, 5) is 23.9. The van der Waals surface area contributed by atoms with E-state index in [-0.39, 0.29) is 11.4 Å². The van der Waals surface area contributed by atoms with Crippen LogP contribution in [0.2, 0.25) is 0 Å². The highest BCUT2D eigenvalue weighted by atomic mass is 32.2. The van der Waals surface area contributed by atoms with Crippen LogP contribution in [0.5, 0.6) is 0 Å². The van der Waals surface area contributed by atoms with E-state index < -0.39 is 21.1 Å². The number of sulfonamides is 1. The van der Waals surface area contributed by atoms with Gasteiger partial charge in [-0.3, -0.25) is 9.59 Å². The second kappa shape index (κ2) is 6.01. The molecule has 1 aromatic carbocycles. The molecule has 8 nitrogen and oxygen atoms in total. The zero-order chi connectivity index (χ0) is 18.4. The second-order valence-corrected chi connectivity index (χ2v) is 7.47. The smallest absolute Gasteiger partial charge is 0.316 e. The highest BCUT2D eigenvalue weighted by Gasteiger charge is 2.20. The van der Waals surface area contributed by atoms with Crippen molar-refractivity contribution in [2.45, 2.75) is 18.4 Å². The van der Waals surface area contributed by atoms with Gasteiger partial charge < -0.3 is 13.6 Å². The molecule has 9 heteroatoms. The Labute approximate surface area is 143 Å². The highest BCUT2D eigenvalue weighted by Crippen LogP contribution is 2.21. The molecule has 2 heterocycles. The Morgan fingerprint density at radius 2 is 1.68 bits per heavy atom. The van der Waals surface area contributed by atoms with Gasteiger partial charge in [-0.15, -0.1) is 0 Å². The highest BCUT2D eigenvalue weighted by molar-refractivity contribution is 7.89. The first-order valence-electron chi connectivity index (χ1n) is 7.45. The summed E-state index contributed by atoms with van der Waals surface area (Å²) in [6.45, 7) is 1.65. The Morgan fingerprint density at radius 3 is 2.24 bits per heavy atom. The van der Waals surface area contributed by atoms with Crippen molar-refractivity contribution >= 4 is 21.1 Å². The molecule has 3 aromatic rings. The van der Waals surface area contributed by atoms with E-state index in [1.165, 1.54) is 31.0 Å². The van der Waals surface area contributed by atoms with Crippen LogP contribution in [0.4, 0.5) is 0 Å². The van der Waals surface area contributed by atoms with E-state index in [1.807, 2.05) is 0 Å². The monoisotopic (exact) mass is 363 g/mol. The van der Waals surface area contributed by atoms with E-state index in [1.54, 1.807) is 25.1 Å². The van der Waals surface area contributed by atoms with Crippen LogP contribution < -0.4 is 15.8 Å². The van der Waals surface area contributed by atoms with Gasteiger partial charge in [-0.2, -0.15) is 0 Å². The summed E-state index contributed by atoms with van der Waals surface area (Å²) < 4.78 is 35.2. The van der Waals surface area contributed by atoms with Gasteiger partial charge in [-0.1, -0.05) is 0 Å². The molecule has 0 radical (unpaired) electrons. The first kappa shape index (κ1) is 17.2. The zero-order valence-electron chi connectivity index (χ0n) is 13.9. The average Bonchev–Trinajstić information content (AvgIpc) is 3.09. The SMILES string of the molecule is Cc1cc2c(cc1S(=O)(=O)NCc1ccco1)n(C)c(=O)c(=O)n2C. The standard InChI is InChI=1S/C16H17N3O5S/c1-10-7-12-13(19(3)16(21)15(20)18(12)2)8-14(10)25(22,23)17-9-11-5-4-6-24-11/h4-8,17H,9H2,1-3H3. The molecule has 0 bridgehead atoms. The molecular formula is C16H17N3O5S. The van der Waals surface area contributed by atoms with Crippen LogP contribution in [0.1, 0.15) is 11.3 Å². The van der Waals surface area contributed by atoms with E-state index >= 15 is 0 Å². The third-order valence-corrected chi connectivity index (χ3v) is 5.64. The quantitative estimate of drug-likeness (QED) is 0.685. The molecule has 1 N–H and O–H groups in total. The first-order valence-corrected chi connectivity index (χ1v) is 8.93. The summed E-state index contributed by atoms with van der Waals surface area (Å²) in [5.74, 6) is 0.483. The summed E-state index contributed by atoms with van der Waals surface area (Å²) in [6.07, 6.45) is 1.46. The molecule has 0 saturated heterocycles. The van der Waals surface area contributed by atoms with Crippen LogP contribution in [-0.4, -0.2) is 17.6 Å². The lowest BCUT2D eigenvalue weighted by Crippen LogP contribution is -2.39. The number of hydrogen-bond donors (Lipinski definition) is 1. The van der Waals surface area contributed by atoms with Crippen molar-refractivity contribution in [3.8, 4) is 0 Å². The molecule has 0 atom stereocenters. The number of benzene rings is 1. The topological polar surface area (TPSA) is 103 Å². The van der Waals surface area contributed by atoms with Crippen LogP contribution in [0.15, 0.2) is 49.4 Å². The lowest BCUT2D eigenvalue weighted by Gasteiger charge is -2.14. The molecule has 0 aliphatic heterocycles. The maximum absolute atomic E-state index is 12.6. The molecule has 0 spiro atoms. The van der Waals surface area contributed by atoms with Crippen molar-refractivity contribution in [3.05, 3.63) is 62.6 Å². The van der Waals surface area contributed by atoms with E-state index in [9.17, 15) is 18.0 Å². The molecule has 2 aromatic heterocycles. The van der Waals surface area contributed by atoms with Crippen molar-refractivity contribution in [1.82, 2.24) is 13.9 Å². The average molecular weight is 363 g/mol. The number of nitrogens with zero attached hydrogens (tertiary/aromatic N) is 2.